The predicted octanol–water partition coefficient (Wildman–Crippen LogP) is 1.57. The Kier molecular flexibility index (Phi) is 1.53. The summed E-state index contributed by atoms with van der Waals surface area (Å²) in [5, 5.41) is 8.04. The number of nitrogen functional groups attached to an aromatic ring is 1. The zero-order valence-electron chi connectivity index (χ0n) is 7.79. The fourth-order valence-corrected chi connectivity index (χ4v) is 1.51. The van der Waals surface area contributed by atoms with E-state index in [1.54, 1.807) is 16.7 Å². The zero-order valence-corrected chi connectivity index (χ0v) is 7.79. The molecule has 5 nitrogen and oxygen atoms in total. The minimum absolute atomic E-state index is 0.600. The number of nitrogens with two attached hydrogens (primary N) is 1. The van der Waals surface area contributed by atoms with Crippen LogP contribution in [0.4, 0.5) is 5.69 Å². The monoisotopic (exact) mass is 200 g/mol. The second-order valence-corrected chi connectivity index (χ2v) is 3.16. The number of pyridine rings is 1. The van der Waals surface area contributed by atoms with Crippen LogP contribution in [0.1, 0.15) is 0 Å². The summed E-state index contributed by atoms with van der Waals surface area (Å²) in [5.74, 6) is 1.33. The largest absolute Gasteiger partial charge is 0.461 e. The van der Waals surface area contributed by atoms with Gasteiger partial charge in [-0.25, -0.2) is 0 Å². The van der Waals surface area contributed by atoms with E-state index in [1.807, 2.05) is 24.4 Å². The number of nitrogens with zero attached hydrogens (tertiary/aromatic N) is 3. The van der Waals surface area contributed by atoms with Crippen molar-refractivity contribution in [2.45, 2.75) is 0 Å². The van der Waals surface area contributed by atoms with Crippen LogP contribution in [-0.2, 0) is 0 Å². The van der Waals surface area contributed by atoms with E-state index in [9.17, 15) is 0 Å². The number of fused-ring (bicyclic) bond motifs is 1. The minimum Gasteiger partial charge on any atom is -0.461 e. The van der Waals surface area contributed by atoms with Crippen molar-refractivity contribution in [1.29, 1.82) is 0 Å². The highest BCUT2D eigenvalue weighted by atomic mass is 16.3. The Hall–Kier alpha value is -2.30. The first-order chi connectivity index (χ1) is 7.36. The summed E-state index contributed by atoms with van der Waals surface area (Å²) in [5.41, 5.74) is 7.01. The Labute approximate surface area is 85.1 Å². The van der Waals surface area contributed by atoms with Gasteiger partial charge in [0.25, 0.3) is 0 Å². The third-order valence-corrected chi connectivity index (χ3v) is 2.21. The quantitative estimate of drug-likeness (QED) is 0.647. The first-order valence-corrected chi connectivity index (χ1v) is 4.49. The van der Waals surface area contributed by atoms with Gasteiger partial charge in [0.1, 0.15) is 0 Å². The second kappa shape index (κ2) is 2.84. The van der Waals surface area contributed by atoms with E-state index in [4.69, 9.17) is 10.2 Å². The van der Waals surface area contributed by atoms with Gasteiger partial charge in [-0.3, -0.25) is 4.40 Å². The molecule has 0 aliphatic carbocycles. The van der Waals surface area contributed by atoms with Crippen molar-refractivity contribution in [2.24, 2.45) is 0 Å². The van der Waals surface area contributed by atoms with E-state index in [0.29, 0.717) is 22.9 Å². The molecule has 74 valence electrons. The van der Waals surface area contributed by atoms with Crippen molar-refractivity contribution in [3.8, 4) is 11.6 Å². The van der Waals surface area contributed by atoms with Gasteiger partial charge in [-0.05, 0) is 24.3 Å². The molecule has 0 amide bonds. The Morgan fingerprint density at radius 1 is 1.20 bits per heavy atom. The molecule has 0 aliphatic rings. The molecule has 5 heteroatoms. The van der Waals surface area contributed by atoms with E-state index in [0.717, 1.165) is 0 Å². The number of hydrogen-bond acceptors (Lipinski definition) is 4. The third-order valence-electron chi connectivity index (χ3n) is 2.21. The maximum absolute atomic E-state index is 5.77. The Morgan fingerprint density at radius 2 is 2.13 bits per heavy atom. The van der Waals surface area contributed by atoms with Gasteiger partial charge >= 0.3 is 0 Å². The average molecular weight is 200 g/mol. The smallest absolute Gasteiger partial charge is 0.204 e. The summed E-state index contributed by atoms with van der Waals surface area (Å²) >= 11 is 0. The highest BCUT2D eigenvalue weighted by Gasteiger charge is 2.10. The van der Waals surface area contributed by atoms with Crippen LogP contribution in [0.2, 0.25) is 0 Å². The van der Waals surface area contributed by atoms with Crippen molar-refractivity contribution >= 4 is 11.3 Å². The molecule has 3 rings (SSSR count). The van der Waals surface area contributed by atoms with Crippen molar-refractivity contribution in [2.75, 3.05) is 5.73 Å². The molecule has 0 saturated carbocycles. The Balaban J connectivity index is 2.34. The standard InChI is InChI=1S/C10H8N4O/c11-7-3-1-5-14-9(7)12-13-10(14)8-4-2-6-15-8/h1-6H,11H2. The van der Waals surface area contributed by atoms with Gasteiger partial charge < -0.3 is 10.2 Å². The molecule has 3 aromatic rings. The summed E-state index contributed by atoms with van der Waals surface area (Å²) in [7, 11) is 0. The van der Waals surface area contributed by atoms with Crippen molar-refractivity contribution in [3.63, 3.8) is 0 Å². The molecule has 0 aliphatic heterocycles. The van der Waals surface area contributed by atoms with Gasteiger partial charge in [-0.2, -0.15) is 0 Å². The van der Waals surface area contributed by atoms with Gasteiger partial charge in [-0.1, -0.05) is 0 Å². The topological polar surface area (TPSA) is 69.3 Å². The first-order valence-electron chi connectivity index (χ1n) is 4.49. The van der Waals surface area contributed by atoms with Gasteiger partial charge in [0, 0.05) is 6.20 Å². The number of hydrogen-bond donors (Lipinski definition) is 1. The number of rotatable bonds is 1. The molecule has 15 heavy (non-hydrogen) atoms. The molecular weight excluding hydrogens is 192 g/mol. The van der Waals surface area contributed by atoms with Crippen LogP contribution in [0.25, 0.3) is 17.2 Å². The lowest BCUT2D eigenvalue weighted by atomic mass is 10.4. The molecular formula is C10H8N4O. The van der Waals surface area contributed by atoms with Crippen molar-refractivity contribution in [3.05, 3.63) is 36.7 Å². The molecule has 0 fully saturated rings. The van der Waals surface area contributed by atoms with E-state index < -0.39 is 0 Å². The molecule has 0 unspecified atom stereocenters. The van der Waals surface area contributed by atoms with Crippen LogP contribution in [0.3, 0.4) is 0 Å². The highest BCUT2D eigenvalue weighted by Crippen LogP contribution is 2.20. The lowest BCUT2D eigenvalue weighted by molar-refractivity contribution is 0.576. The summed E-state index contributed by atoms with van der Waals surface area (Å²) < 4.78 is 7.06. The van der Waals surface area contributed by atoms with Crippen LogP contribution in [0.5, 0.6) is 0 Å². The summed E-state index contributed by atoms with van der Waals surface area (Å²) in [6, 6.07) is 7.27. The van der Waals surface area contributed by atoms with Crippen molar-refractivity contribution in [1.82, 2.24) is 14.6 Å². The highest BCUT2D eigenvalue weighted by molar-refractivity contribution is 5.67. The molecule has 3 heterocycles. The molecule has 0 bridgehead atoms. The fraction of sp³-hybridized carbons (Fsp3) is 0. The van der Waals surface area contributed by atoms with Crippen LogP contribution in [0.15, 0.2) is 41.1 Å². The number of aromatic nitrogens is 3. The van der Waals surface area contributed by atoms with Crippen LogP contribution >= 0.6 is 0 Å². The molecule has 3 aromatic heterocycles. The lowest BCUT2D eigenvalue weighted by Gasteiger charge is -1.97. The summed E-state index contributed by atoms with van der Waals surface area (Å²) in [4.78, 5) is 0. The normalized spacial score (nSPS) is 10.9. The van der Waals surface area contributed by atoms with Crippen LogP contribution < -0.4 is 5.73 Å². The first kappa shape index (κ1) is 8.05. The summed E-state index contributed by atoms with van der Waals surface area (Å²) in [6.45, 7) is 0. The Morgan fingerprint density at radius 3 is 2.93 bits per heavy atom. The molecule has 0 saturated heterocycles. The van der Waals surface area contributed by atoms with Crippen LogP contribution in [-0.4, -0.2) is 14.6 Å². The SMILES string of the molecule is Nc1cccn2c(-c3ccco3)nnc12. The maximum Gasteiger partial charge on any atom is 0.204 e. The van der Waals surface area contributed by atoms with Crippen LogP contribution in [0, 0.1) is 0 Å². The zero-order chi connectivity index (χ0) is 10.3. The fourth-order valence-electron chi connectivity index (χ4n) is 1.51. The molecule has 0 atom stereocenters. The third kappa shape index (κ3) is 1.10. The van der Waals surface area contributed by atoms with E-state index in [1.165, 1.54) is 0 Å². The molecule has 0 spiro atoms. The minimum atomic E-state index is 0.600. The average Bonchev–Trinajstić information content (AvgIpc) is 2.85. The van der Waals surface area contributed by atoms with Gasteiger partial charge in [0.2, 0.25) is 5.82 Å². The maximum atomic E-state index is 5.77. The van der Waals surface area contributed by atoms with E-state index in [2.05, 4.69) is 10.2 Å². The number of furan rings is 1. The summed E-state index contributed by atoms with van der Waals surface area (Å²) in [6.07, 6.45) is 3.45. The van der Waals surface area contributed by atoms with Gasteiger partial charge in [0.05, 0.1) is 12.0 Å². The van der Waals surface area contributed by atoms with Gasteiger partial charge in [0.15, 0.2) is 11.4 Å². The predicted molar refractivity (Wildman–Crippen MR) is 55.1 cm³/mol. The lowest BCUT2D eigenvalue weighted by Crippen LogP contribution is -1.92. The second-order valence-electron chi connectivity index (χ2n) is 3.16. The van der Waals surface area contributed by atoms with E-state index >= 15 is 0 Å². The van der Waals surface area contributed by atoms with E-state index in [-0.39, 0.29) is 0 Å². The van der Waals surface area contributed by atoms with Gasteiger partial charge in [-0.15, -0.1) is 10.2 Å². The molecule has 0 radical (unpaired) electrons. The Bertz CT molecular complexity index is 597. The molecule has 0 aromatic carbocycles. The number of anilines is 1. The molecule has 2 N–H and O–H groups in total. The van der Waals surface area contributed by atoms with Crippen molar-refractivity contribution < 1.29 is 4.42 Å².